The van der Waals surface area contributed by atoms with Gasteiger partial charge in [0.2, 0.25) is 0 Å². The van der Waals surface area contributed by atoms with Gasteiger partial charge in [-0.25, -0.2) is 0 Å². The zero-order chi connectivity index (χ0) is 19.9. The normalized spacial score (nSPS) is 21.4. The molecule has 2 aliphatic rings. The van der Waals surface area contributed by atoms with Crippen molar-refractivity contribution in [1.82, 2.24) is 5.01 Å². The van der Waals surface area contributed by atoms with Gasteiger partial charge in [-0.05, 0) is 37.0 Å². The molecule has 0 unspecified atom stereocenters. The molecule has 27 heavy (non-hydrogen) atoms. The molecule has 1 N–H and O–H groups in total. The van der Waals surface area contributed by atoms with Crippen molar-refractivity contribution in [2.75, 3.05) is 19.8 Å². The minimum absolute atomic E-state index is 0.0307. The number of hydrogen-bond acceptors (Lipinski definition) is 6. The Morgan fingerprint density at radius 1 is 1.22 bits per heavy atom. The number of aryl methyl sites for hydroxylation is 1. The van der Waals surface area contributed by atoms with Gasteiger partial charge in [0, 0.05) is 55.1 Å². The van der Waals surface area contributed by atoms with Gasteiger partial charge in [0.25, 0.3) is 0 Å². The first-order chi connectivity index (χ1) is 12.7. The number of aliphatic hydroxyl groups excluding tert-OH is 1. The number of benzene rings is 1. The monoisotopic (exact) mass is 386 g/mol. The van der Waals surface area contributed by atoms with Crippen LogP contribution in [0.15, 0.2) is 21.6 Å². The van der Waals surface area contributed by atoms with E-state index in [9.17, 15) is 14.7 Å². The highest BCUT2D eigenvalue weighted by Gasteiger charge is 2.33. The quantitative estimate of drug-likeness (QED) is 0.361. The summed E-state index contributed by atoms with van der Waals surface area (Å²) in [4.78, 5) is 26.1. The average Bonchev–Trinajstić information content (AvgIpc) is 2.56. The molecule has 1 aromatic rings. The number of carbonyl (C=O) groups is 2. The molecule has 144 valence electrons. The van der Waals surface area contributed by atoms with Crippen LogP contribution in [0.3, 0.4) is 0 Å². The van der Waals surface area contributed by atoms with Crippen LogP contribution in [0.4, 0.5) is 0 Å². The number of nitrogens with zero attached hydrogens (tertiary/aromatic N) is 2. The first-order valence-corrected chi connectivity index (χ1v) is 10.2. The number of ketones is 2. The molecular weight excluding hydrogens is 360 g/mol. The number of fused-ring (bicyclic) bond motifs is 1. The van der Waals surface area contributed by atoms with E-state index in [1.54, 1.807) is 16.8 Å². The van der Waals surface area contributed by atoms with Gasteiger partial charge in [-0.15, -0.1) is 11.8 Å². The lowest BCUT2D eigenvalue weighted by Gasteiger charge is -2.25. The van der Waals surface area contributed by atoms with E-state index in [2.05, 4.69) is 5.10 Å². The van der Waals surface area contributed by atoms with Crippen molar-refractivity contribution in [3.8, 4) is 0 Å². The Morgan fingerprint density at radius 3 is 2.44 bits per heavy atom. The fourth-order valence-corrected chi connectivity index (χ4v) is 5.05. The molecule has 0 radical (unpaired) electrons. The van der Waals surface area contributed by atoms with Crippen LogP contribution < -0.4 is 0 Å². The van der Waals surface area contributed by atoms with E-state index >= 15 is 0 Å². The number of Topliss-reactive ketones (excluding diaryl/α,β-unsaturated/α-hetero) is 2. The summed E-state index contributed by atoms with van der Waals surface area (Å²) in [5, 5.41) is 17.3. The van der Waals surface area contributed by atoms with E-state index in [0.29, 0.717) is 18.4 Å². The summed E-state index contributed by atoms with van der Waals surface area (Å²) in [6.07, 6.45) is 1.45. The molecule has 1 aromatic carbocycles. The third-order valence-electron chi connectivity index (χ3n) is 5.04. The molecule has 3 rings (SSSR count). The van der Waals surface area contributed by atoms with Gasteiger partial charge in [-0.3, -0.25) is 9.59 Å². The second kappa shape index (κ2) is 7.50. The van der Waals surface area contributed by atoms with E-state index in [1.165, 1.54) is 0 Å². The topological polar surface area (TPSA) is 70.0 Å². The van der Waals surface area contributed by atoms with Crippen LogP contribution in [-0.4, -0.2) is 47.2 Å². The van der Waals surface area contributed by atoms with Crippen molar-refractivity contribution >= 4 is 34.8 Å². The van der Waals surface area contributed by atoms with Crippen LogP contribution in [0.2, 0.25) is 0 Å². The Bertz CT molecular complexity index is 864. The van der Waals surface area contributed by atoms with Crippen LogP contribution >= 0.6 is 11.8 Å². The highest BCUT2D eigenvalue weighted by molar-refractivity contribution is 7.99. The SMILES string of the molecule is Cc1cc(C(O)=C2C(=O)CC(C)CC2=O)c(C)c2c1SCC/C2=N\N(C)C. The van der Waals surface area contributed by atoms with Gasteiger partial charge in [-0.1, -0.05) is 6.92 Å². The number of hydrogen-bond donors (Lipinski definition) is 1. The predicted octanol–water partition coefficient (Wildman–Crippen LogP) is 3.90. The predicted molar refractivity (Wildman–Crippen MR) is 109 cm³/mol. The summed E-state index contributed by atoms with van der Waals surface area (Å²) in [5.74, 6) is 0.287. The van der Waals surface area contributed by atoms with Crippen molar-refractivity contribution in [1.29, 1.82) is 0 Å². The van der Waals surface area contributed by atoms with Crippen LogP contribution in [0, 0.1) is 19.8 Å². The number of carbonyl (C=O) groups excluding carboxylic acids is 2. The van der Waals surface area contributed by atoms with E-state index in [4.69, 9.17) is 0 Å². The lowest BCUT2D eigenvalue weighted by Crippen LogP contribution is -2.26. The second-order valence-electron chi connectivity index (χ2n) is 7.65. The number of thioether (sulfide) groups is 1. The van der Waals surface area contributed by atoms with E-state index in [0.717, 1.165) is 39.5 Å². The fraction of sp³-hybridized carbons (Fsp3) is 0.476. The standard InChI is InChI=1S/C21H26N2O3S/c1-11-8-16(24)19(17(25)9-11)20(26)14-10-12(2)21-18(13(14)3)15(6-7-27-21)22-23(4)5/h10-11,26H,6-9H2,1-5H3/b20-19?,22-15+. The van der Waals surface area contributed by atoms with Gasteiger partial charge in [0.05, 0.1) is 5.71 Å². The Kier molecular flexibility index (Phi) is 5.47. The van der Waals surface area contributed by atoms with Crippen molar-refractivity contribution in [3.63, 3.8) is 0 Å². The smallest absolute Gasteiger partial charge is 0.170 e. The number of rotatable bonds is 2. The fourth-order valence-electron chi connectivity index (χ4n) is 3.85. The molecule has 0 aromatic heterocycles. The Morgan fingerprint density at radius 2 is 1.85 bits per heavy atom. The second-order valence-corrected chi connectivity index (χ2v) is 8.75. The van der Waals surface area contributed by atoms with E-state index in [-0.39, 0.29) is 28.8 Å². The molecule has 1 aliphatic heterocycles. The first kappa shape index (κ1) is 19.7. The minimum atomic E-state index is -0.261. The summed E-state index contributed by atoms with van der Waals surface area (Å²) in [6.45, 7) is 5.82. The maximum atomic E-state index is 12.5. The molecule has 6 heteroatoms. The van der Waals surface area contributed by atoms with Crippen LogP contribution in [0.5, 0.6) is 0 Å². The molecule has 1 saturated carbocycles. The van der Waals surface area contributed by atoms with Crippen molar-refractivity contribution in [3.05, 3.63) is 33.9 Å². The largest absolute Gasteiger partial charge is 0.506 e. The third kappa shape index (κ3) is 3.68. The zero-order valence-electron chi connectivity index (χ0n) is 16.5. The van der Waals surface area contributed by atoms with Gasteiger partial charge in [-0.2, -0.15) is 5.10 Å². The Hall–Kier alpha value is -2.08. The molecule has 5 nitrogen and oxygen atoms in total. The number of hydrazone groups is 1. The van der Waals surface area contributed by atoms with Gasteiger partial charge < -0.3 is 10.1 Å². The van der Waals surface area contributed by atoms with Gasteiger partial charge >= 0.3 is 0 Å². The third-order valence-corrected chi connectivity index (χ3v) is 6.26. The molecule has 1 heterocycles. The van der Waals surface area contributed by atoms with E-state index < -0.39 is 0 Å². The Balaban J connectivity index is 2.21. The van der Waals surface area contributed by atoms with E-state index in [1.807, 2.05) is 40.9 Å². The highest BCUT2D eigenvalue weighted by Crippen LogP contribution is 2.39. The van der Waals surface area contributed by atoms with Crippen molar-refractivity contribution < 1.29 is 14.7 Å². The van der Waals surface area contributed by atoms with Crippen LogP contribution in [0.1, 0.15) is 48.4 Å². The summed E-state index contributed by atoms with van der Waals surface area (Å²) in [5.41, 5.74) is 4.41. The maximum Gasteiger partial charge on any atom is 0.170 e. The first-order valence-electron chi connectivity index (χ1n) is 9.22. The van der Waals surface area contributed by atoms with Crippen molar-refractivity contribution in [2.24, 2.45) is 11.0 Å². The number of allylic oxidation sites excluding steroid dienone is 1. The molecule has 0 spiro atoms. The molecule has 1 fully saturated rings. The average molecular weight is 387 g/mol. The molecule has 0 amide bonds. The molecular formula is C21H26N2O3S. The maximum absolute atomic E-state index is 12.5. The summed E-state index contributed by atoms with van der Waals surface area (Å²) < 4.78 is 0. The minimum Gasteiger partial charge on any atom is -0.506 e. The zero-order valence-corrected chi connectivity index (χ0v) is 17.4. The summed E-state index contributed by atoms with van der Waals surface area (Å²) in [6, 6.07) is 1.89. The summed E-state index contributed by atoms with van der Waals surface area (Å²) in [7, 11) is 3.78. The van der Waals surface area contributed by atoms with Gasteiger partial charge in [0.15, 0.2) is 11.6 Å². The van der Waals surface area contributed by atoms with Crippen LogP contribution in [-0.2, 0) is 9.59 Å². The molecule has 1 aliphatic carbocycles. The lowest BCUT2D eigenvalue weighted by molar-refractivity contribution is -0.125. The molecule has 0 bridgehead atoms. The van der Waals surface area contributed by atoms with Crippen molar-refractivity contribution in [2.45, 2.75) is 44.9 Å². The number of aliphatic hydroxyl groups is 1. The lowest BCUT2D eigenvalue weighted by atomic mass is 9.82. The van der Waals surface area contributed by atoms with Gasteiger partial charge in [0.1, 0.15) is 11.3 Å². The Labute approximate surface area is 164 Å². The summed E-state index contributed by atoms with van der Waals surface area (Å²) >= 11 is 1.79. The van der Waals surface area contributed by atoms with Crippen LogP contribution in [0.25, 0.3) is 5.76 Å². The molecule has 0 atom stereocenters. The highest BCUT2D eigenvalue weighted by atomic mass is 32.2. The molecule has 0 saturated heterocycles.